The Balaban J connectivity index is 1.99. The summed E-state index contributed by atoms with van der Waals surface area (Å²) >= 11 is 0. The van der Waals surface area contributed by atoms with Gasteiger partial charge in [-0.25, -0.2) is 4.98 Å². The first-order valence-corrected chi connectivity index (χ1v) is 7.54. The average molecular weight is 311 g/mol. The third kappa shape index (κ3) is 2.29. The largest absolute Gasteiger partial charge is 0.508 e. The molecule has 0 amide bonds. The van der Waals surface area contributed by atoms with Gasteiger partial charge < -0.3 is 5.11 Å². The molecule has 4 nitrogen and oxygen atoms in total. The summed E-state index contributed by atoms with van der Waals surface area (Å²) in [6, 6.07) is 24.5. The molecular weight excluding hydrogens is 298 g/mol. The molecule has 0 atom stereocenters. The van der Waals surface area contributed by atoms with E-state index in [0.717, 1.165) is 28.1 Å². The number of nitriles is 1. The van der Waals surface area contributed by atoms with Gasteiger partial charge in [0.15, 0.2) is 0 Å². The van der Waals surface area contributed by atoms with Crippen LogP contribution in [0.1, 0.15) is 5.56 Å². The Morgan fingerprint density at radius 2 is 1.58 bits per heavy atom. The number of aromatic hydroxyl groups is 1. The molecule has 114 valence electrons. The summed E-state index contributed by atoms with van der Waals surface area (Å²) in [6.07, 6.45) is 0. The van der Waals surface area contributed by atoms with Gasteiger partial charge in [0, 0.05) is 11.3 Å². The number of rotatable bonds is 2. The lowest BCUT2D eigenvalue weighted by Crippen LogP contribution is -1.97. The number of benzene rings is 3. The Morgan fingerprint density at radius 3 is 2.29 bits per heavy atom. The predicted molar refractivity (Wildman–Crippen MR) is 92.9 cm³/mol. The molecule has 1 aromatic heterocycles. The van der Waals surface area contributed by atoms with E-state index in [4.69, 9.17) is 10.2 Å². The van der Waals surface area contributed by atoms with Crippen LogP contribution in [0.2, 0.25) is 0 Å². The zero-order valence-electron chi connectivity index (χ0n) is 12.7. The van der Waals surface area contributed by atoms with Crippen LogP contribution in [0.3, 0.4) is 0 Å². The van der Waals surface area contributed by atoms with Crippen LogP contribution in [-0.2, 0) is 0 Å². The molecule has 0 fully saturated rings. The second-order valence-corrected chi connectivity index (χ2v) is 5.47. The number of nitrogens with zero attached hydrogens (tertiary/aromatic N) is 3. The summed E-state index contributed by atoms with van der Waals surface area (Å²) in [4.78, 5) is 4.75. The number of aromatic nitrogens is 2. The molecular formula is C20H13N3O. The fourth-order valence-corrected chi connectivity index (χ4v) is 2.78. The minimum Gasteiger partial charge on any atom is -0.508 e. The smallest absolute Gasteiger partial charge is 0.145 e. The van der Waals surface area contributed by atoms with E-state index in [0.29, 0.717) is 5.56 Å². The SMILES string of the molecule is N#Cc1ccc(-c2nc3ccccc3n2-c2ccc(O)cc2)cc1. The Kier molecular flexibility index (Phi) is 3.25. The fourth-order valence-electron chi connectivity index (χ4n) is 2.78. The van der Waals surface area contributed by atoms with E-state index in [-0.39, 0.29) is 5.75 Å². The number of hydrogen-bond donors (Lipinski definition) is 1. The maximum atomic E-state index is 9.56. The monoisotopic (exact) mass is 311 g/mol. The van der Waals surface area contributed by atoms with E-state index in [1.165, 1.54) is 0 Å². The summed E-state index contributed by atoms with van der Waals surface area (Å²) in [6.45, 7) is 0. The van der Waals surface area contributed by atoms with Gasteiger partial charge in [-0.3, -0.25) is 4.57 Å². The van der Waals surface area contributed by atoms with Crippen LogP contribution in [0.5, 0.6) is 5.75 Å². The second-order valence-electron chi connectivity index (χ2n) is 5.47. The van der Waals surface area contributed by atoms with Gasteiger partial charge in [0.05, 0.1) is 22.7 Å². The Hall–Kier alpha value is -3.58. The summed E-state index contributed by atoms with van der Waals surface area (Å²) in [5, 5.41) is 18.5. The zero-order valence-corrected chi connectivity index (χ0v) is 12.7. The first-order chi connectivity index (χ1) is 11.8. The van der Waals surface area contributed by atoms with Gasteiger partial charge in [-0.1, -0.05) is 12.1 Å². The molecule has 1 heterocycles. The lowest BCUT2D eigenvalue weighted by molar-refractivity contribution is 0.475. The number of phenolic OH excluding ortho intramolecular Hbond substituents is 1. The molecule has 0 aliphatic carbocycles. The molecule has 0 unspecified atom stereocenters. The van der Waals surface area contributed by atoms with Crippen molar-refractivity contribution in [3.63, 3.8) is 0 Å². The van der Waals surface area contributed by atoms with Gasteiger partial charge in [0.25, 0.3) is 0 Å². The summed E-state index contributed by atoms with van der Waals surface area (Å²) in [5.74, 6) is 1.02. The number of hydrogen-bond acceptors (Lipinski definition) is 3. The standard InChI is InChI=1S/C20H13N3O/c21-13-14-5-7-15(8-6-14)20-22-18-3-1-2-4-19(18)23(20)16-9-11-17(24)12-10-16/h1-12,24H. The molecule has 24 heavy (non-hydrogen) atoms. The van der Waals surface area contributed by atoms with Crippen molar-refractivity contribution in [1.82, 2.24) is 9.55 Å². The highest BCUT2D eigenvalue weighted by atomic mass is 16.3. The van der Waals surface area contributed by atoms with Gasteiger partial charge >= 0.3 is 0 Å². The maximum Gasteiger partial charge on any atom is 0.145 e. The highest BCUT2D eigenvalue weighted by molar-refractivity contribution is 5.83. The molecule has 0 aliphatic rings. The van der Waals surface area contributed by atoms with E-state index < -0.39 is 0 Å². The van der Waals surface area contributed by atoms with E-state index in [2.05, 4.69) is 10.6 Å². The molecule has 4 rings (SSSR count). The maximum absolute atomic E-state index is 9.56. The number of fused-ring (bicyclic) bond motifs is 1. The number of para-hydroxylation sites is 2. The average Bonchev–Trinajstić information content (AvgIpc) is 3.02. The van der Waals surface area contributed by atoms with E-state index in [1.807, 2.05) is 48.5 Å². The van der Waals surface area contributed by atoms with Crippen LogP contribution < -0.4 is 0 Å². The van der Waals surface area contributed by atoms with Crippen molar-refractivity contribution in [2.45, 2.75) is 0 Å². The molecule has 4 aromatic rings. The lowest BCUT2D eigenvalue weighted by Gasteiger charge is -2.09. The van der Waals surface area contributed by atoms with Gasteiger partial charge in [0.1, 0.15) is 11.6 Å². The van der Waals surface area contributed by atoms with E-state index in [9.17, 15) is 5.11 Å². The Bertz CT molecular complexity index is 1050. The highest BCUT2D eigenvalue weighted by Gasteiger charge is 2.14. The Labute approximate surface area is 138 Å². The van der Waals surface area contributed by atoms with Crippen LogP contribution in [0.15, 0.2) is 72.8 Å². The first kappa shape index (κ1) is 14.0. The van der Waals surface area contributed by atoms with Gasteiger partial charge in [0.2, 0.25) is 0 Å². The third-order valence-electron chi connectivity index (χ3n) is 3.94. The molecule has 1 N–H and O–H groups in total. The van der Waals surface area contributed by atoms with Crippen LogP contribution in [0.4, 0.5) is 0 Å². The number of imidazole rings is 1. The molecule has 3 aromatic carbocycles. The summed E-state index contributed by atoms with van der Waals surface area (Å²) in [5.41, 5.74) is 4.35. The quantitative estimate of drug-likeness (QED) is 0.601. The van der Waals surface area contributed by atoms with Gasteiger partial charge in [-0.05, 0) is 60.7 Å². The topological polar surface area (TPSA) is 61.8 Å². The minimum absolute atomic E-state index is 0.225. The fraction of sp³-hybridized carbons (Fsp3) is 0. The molecule has 0 spiro atoms. The van der Waals surface area contributed by atoms with E-state index in [1.54, 1.807) is 24.3 Å². The van der Waals surface area contributed by atoms with Crippen molar-refractivity contribution in [2.24, 2.45) is 0 Å². The molecule has 0 radical (unpaired) electrons. The van der Waals surface area contributed by atoms with Crippen molar-refractivity contribution in [2.75, 3.05) is 0 Å². The second kappa shape index (κ2) is 5.56. The summed E-state index contributed by atoms with van der Waals surface area (Å²) < 4.78 is 2.05. The van der Waals surface area contributed by atoms with Crippen molar-refractivity contribution in [3.8, 4) is 28.9 Å². The van der Waals surface area contributed by atoms with Crippen molar-refractivity contribution >= 4 is 11.0 Å². The molecule has 0 bridgehead atoms. The lowest BCUT2D eigenvalue weighted by atomic mass is 10.1. The van der Waals surface area contributed by atoms with Crippen LogP contribution in [0.25, 0.3) is 28.1 Å². The van der Waals surface area contributed by atoms with Crippen molar-refractivity contribution < 1.29 is 5.11 Å². The highest BCUT2D eigenvalue weighted by Crippen LogP contribution is 2.29. The van der Waals surface area contributed by atoms with Crippen molar-refractivity contribution in [1.29, 1.82) is 5.26 Å². The van der Waals surface area contributed by atoms with Crippen molar-refractivity contribution in [3.05, 3.63) is 78.4 Å². The van der Waals surface area contributed by atoms with Crippen LogP contribution in [-0.4, -0.2) is 14.7 Å². The van der Waals surface area contributed by atoms with Crippen LogP contribution in [0, 0.1) is 11.3 Å². The number of phenols is 1. The van der Waals surface area contributed by atoms with Gasteiger partial charge in [-0.2, -0.15) is 5.26 Å². The van der Waals surface area contributed by atoms with Crippen LogP contribution >= 0.6 is 0 Å². The predicted octanol–water partition coefficient (Wildman–Crippen LogP) is 4.27. The van der Waals surface area contributed by atoms with Gasteiger partial charge in [-0.15, -0.1) is 0 Å². The first-order valence-electron chi connectivity index (χ1n) is 7.54. The summed E-state index contributed by atoms with van der Waals surface area (Å²) in [7, 11) is 0. The molecule has 0 saturated heterocycles. The molecule has 4 heteroatoms. The normalized spacial score (nSPS) is 10.6. The molecule has 0 aliphatic heterocycles. The van der Waals surface area contributed by atoms with E-state index >= 15 is 0 Å². The third-order valence-corrected chi connectivity index (χ3v) is 3.94. The minimum atomic E-state index is 0.225. The zero-order chi connectivity index (χ0) is 16.5. The Morgan fingerprint density at radius 1 is 0.875 bits per heavy atom. The molecule has 0 saturated carbocycles.